The van der Waals surface area contributed by atoms with Crippen molar-refractivity contribution < 1.29 is 4.74 Å². The van der Waals surface area contributed by atoms with Crippen LogP contribution in [0, 0.1) is 0 Å². The average molecular weight is 417 g/mol. The van der Waals surface area contributed by atoms with Crippen LogP contribution < -0.4 is 10.1 Å². The molecule has 2 nitrogen and oxygen atoms in total. The minimum Gasteiger partial charge on any atom is -0.493 e. The molecule has 0 radical (unpaired) electrons. The Hall–Kier alpha value is -0.360. The van der Waals surface area contributed by atoms with Gasteiger partial charge in [0.1, 0.15) is 5.75 Å². The zero-order chi connectivity index (χ0) is 14.1. The molecule has 2 heterocycles. The van der Waals surface area contributed by atoms with Crippen LogP contribution in [0.3, 0.4) is 0 Å². The number of halogens is 2. The van der Waals surface area contributed by atoms with Crippen LogP contribution in [0.1, 0.15) is 29.0 Å². The Morgan fingerprint density at radius 3 is 2.95 bits per heavy atom. The van der Waals surface area contributed by atoms with E-state index < -0.39 is 0 Å². The highest BCUT2D eigenvalue weighted by Crippen LogP contribution is 2.41. The van der Waals surface area contributed by atoms with Crippen molar-refractivity contribution in [2.24, 2.45) is 0 Å². The van der Waals surface area contributed by atoms with Crippen molar-refractivity contribution in [1.29, 1.82) is 0 Å². The maximum absolute atomic E-state index is 5.88. The van der Waals surface area contributed by atoms with Gasteiger partial charge in [0.2, 0.25) is 0 Å². The molecule has 0 amide bonds. The number of nitrogens with one attached hydrogen (secondary N) is 1. The first-order valence-corrected chi connectivity index (χ1v) is 9.08. The van der Waals surface area contributed by atoms with Crippen LogP contribution in [0.5, 0.6) is 5.75 Å². The van der Waals surface area contributed by atoms with Gasteiger partial charge in [-0.05, 0) is 51.6 Å². The van der Waals surface area contributed by atoms with Crippen molar-refractivity contribution in [2.75, 3.05) is 13.2 Å². The number of hydrogen-bond acceptors (Lipinski definition) is 3. The van der Waals surface area contributed by atoms with Crippen LogP contribution in [0.25, 0.3) is 0 Å². The SMILES string of the molecule is CCNC(c1cc(Br)cc2c1OCC2)c1sccc1Br. The first kappa shape index (κ1) is 14.6. The Morgan fingerprint density at radius 2 is 2.25 bits per heavy atom. The third-order valence-corrected chi connectivity index (χ3v) is 5.80. The van der Waals surface area contributed by atoms with E-state index in [9.17, 15) is 0 Å². The summed E-state index contributed by atoms with van der Waals surface area (Å²) in [5.41, 5.74) is 2.52. The molecule has 0 saturated heterocycles. The molecule has 1 unspecified atom stereocenters. The second kappa shape index (κ2) is 6.18. The van der Waals surface area contributed by atoms with Gasteiger partial charge < -0.3 is 10.1 Å². The lowest BCUT2D eigenvalue weighted by atomic mass is 10.0. The number of fused-ring (bicyclic) bond motifs is 1. The summed E-state index contributed by atoms with van der Waals surface area (Å²) in [4.78, 5) is 1.29. The predicted octanol–water partition coefficient (Wildman–Crippen LogP) is 4.91. The number of benzene rings is 1. The van der Waals surface area contributed by atoms with Gasteiger partial charge in [-0.1, -0.05) is 22.9 Å². The number of ether oxygens (including phenoxy) is 1. The second-order valence-electron chi connectivity index (χ2n) is 4.71. The summed E-state index contributed by atoms with van der Waals surface area (Å²) in [7, 11) is 0. The molecule has 3 rings (SSSR count). The third kappa shape index (κ3) is 2.69. The number of hydrogen-bond donors (Lipinski definition) is 1. The van der Waals surface area contributed by atoms with Crippen LogP contribution >= 0.6 is 43.2 Å². The van der Waals surface area contributed by atoms with E-state index in [0.29, 0.717) is 0 Å². The van der Waals surface area contributed by atoms with Crippen LogP contribution in [0.2, 0.25) is 0 Å². The molecule has 20 heavy (non-hydrogen) atoms. The zero-order valence-electron chi connectivity index (χ0n) is 11.1. The first-order chi connectivity index (χ1) is 9.70. The summed E-state index contributed by atoms with van der Waals surface area (Å²) in [6, 6.07) is 6.60. The molecule has 1 aliphatic rings. The summed E-state index contributed by atoms with van der Waals surface area (Å²) in [5, 5.41) is 5.69. The Bertz CT molecular complexity index is 626. The summed E-state index contributed by atoms with van der Waals surface area (Å²) in [6.07, 6.45) is 0.992. The van der Waals surface area contributed by atoms with Crippen molar-refractivity contribution in [1.82, 2.24) is 5.32 Å². The summed E-state index contributed by atoms with van der Waals surface area (Å²) >= 11 is 9.04. The van der Waals surface area contributed by atoms with Gasteiger partial charge in [-0.15, -0.1) is 11.3 Å². The van der Waals surface area contributed by atoms with Crippen LogP contribution in [-0.2, 0) is 6.42 Å². The van der Waals surface area contributed by atoms with Gasteiger partial charge in [-0.3, -0.25) is 0 Å². The van der Waals surface area contributed by atoms with Crippen LogP contribution in [0.15, 0.2) is 32.5 Å². The van der Waals surface area contributed by atoms with Crippen molar-refractivity contribution in [3.8, 4) is 5.75 Å². The largest absolute Gasteiger partial charge is 0.493 e. The molecule has 1 aromatic heterocycles. The van der Waals surface area contributed by atoms with Gasteiger partial charge in [0, 0.05) is 25.8 Å². The standard InChI is InChI=1S/C15H15Br2NOS/c1-2-18-13(15-12(17)4-6-20-15)11-8-10(16)7-9-3-5-19-14(9)11/h4,6-8,13,18H,2-3,5H2,1H3. The van der Waals surface area contributed by atoms with E-state index in [-0.39, 0.29) is 6.04 Å². The quantitative estimate of drug-likeness (QED) is 0.764. The maximum Gasteiger partial charge on any atom is 0.127 e. The van der Waals surface area contributed by atoms with E-state index in [1.54, 1.807) is 11.3 Å². The van der Waals surface area contributed by atoms with E-state index in [2.05, 4.69) is 67.7 Å². The highest BCUT2D eigenvalue weighted by molar-refractivity contribution is 9.10. The highest BCUT2D eigenvalue weighted by atomic mass is 79.9. The average Bonchev–Trinajstić information content (AvgIpc) is 3.04. The van der Waals surface area contributed by atoms with Crippen molar-refractivity contribution in [3.63, 3.8) is 0 Å². The van der Waals surface area contributed by atoms with Gasteiger partial charge >= 0.3 is 0 Å². The lowest BCUT2D eigenvalue weighted by Crippen LogP contribution is -2.22. The van der Waals surface area contributed by atoms with E-state index in [0.717, 1.165) is 34.3 Å². The zero-order valence-corrected chi connectivity index (χ0v) is 15.1. The minimum atomic E-state index is 0.165. The Morgan fingerprint density at radius 1 is 1.40 bits per heavy atom. The van der Waals surface area contributed by atoms with E-state index >= 15 is 0 Å². The fourth-order valence-electron chi connectivity index (χ4n) is 2.57. The van der Waals surface area contributed by atoms with Crippen molar-refractivity contribution in [2.45, 2.75) is 19.4 Å². The molecular weight excluding hydrogens is 402 g/mol. The molecule has 1 atom stereocenters. The molecule has 5 heteroatoms. The topological polar surface area (TPSA) is 21.3 Å². The van der Waals surface area contributed by atoms with E-state index in [1.807, 2.05) is 0 Å². The van der Waals surface area contributed by atoms with Gasteiger partial charge in [0.15, 0.2) is 0 Å². The molecule has 1 N–H and O–H groups in total. The summed E-state index contributed by atoms with van der Waals surface area (Å²) in [6.45, 7) is 3.83. The van der Waals surface area contributed by atoms with Crippen molar-refractivity contribution in [3.05, 3.63) is 48.5 Å². The fraction of sp³-hybridized carbons (Fsp3) is 0.333. The van der Waals surface area contributed by atoms with Gasteiger partial charge in [-0.25, -0.2) is 0 Å². The van der Waals surface area contributed by atoms with Crippen molar-refractivity contribution >= 4 is 43.2 Å². The Balaban J connectivity index is 2.11. The smallest absolute Gasteiger partial charge is 0.127 e. The van der Waals surface area contributed by atoms with Crippen LogP contribution in [0.4, 0.5) is 0 Å². The fourth-order valence-corrected chi connectivity index (χ4v) is 4.79. The molecular formula is C15H15Br2NOS. The lowest BCUT2D eigenvalue weighted by molar-refractivity contribution is 0.350. The molecule has 0 fully saturated rings. The molecule has 0 aliphatic carbocycles. The molecule has 2 aromatic rings. The normalized spacial score (nSPS) is 14.9. The number of thiophene rings is 1. The third-order valence-electron chi connectivity index (χ3n) is 3.40. The lowest BCUT2D eigenvalue weighted by Gasteiger charge is -2.20. The van der Waals surface area contributed by atoms with E-state index in [1.165, 1.54) is 16.0 Å². The minimum absolute atomic E-state index is 0.165. The maximum atomic E-state index is 5.88. The van der Waals surface area contributed by atoms with Gasteiger partial charge in [0.25, 0.3) is 0 Å². The second-order valence-corrected chi connectivity index (χ2v) is 7.42. The molecule has 0 saturated carbocycles. The highest BCUT2D eigenvalue weighted by Gasteiger charge is 2.25. The molecule has 1 aliphatic heterocycles. The molecule has 1 aromatic carbocycles. The summed E-state index contributed by atoms with van der Waals surface area (Å²) < 4.78 is 8.15. The molecule has 106 valence electrons. The Kier molecular flexibility index (Phi) is 4.50. The van der Waals surface area contributed by atoms with E-state index in [4.69, 9.17) is 4.74 Å². The van der Waals surface area contributed by atoms with Gasteiger partial charge in [-0.2, -0.15) is 0 Å². The molecule has 0 bridgehead atoms. The Labute approximate surface area is 139 Å². The number of rotatable bonds is 4. The van der Waals surface area contributed by atoms with Gasteiger partial charge in [0.05, 0.1) is 12.6 Å². The summed E-state index contributed by atoms with van der Waals surface area (Å²) in [5.74, 6) is 1.06. The first-order valence-electron chi connectivity index (χ1n) is 6.62. The van der Waals surface area contributed by atoms with Crippen LogP contribution in [-0.4, -0.2) is 13.2 Å². The predicted molar refractivity (Wildman–Crippen MR) is 90.9 cm³/mol. The monoisotopic (exact) mass is 415 g/mol. The molecule has 0 spiro atoms.